The second kappa shape index (κ2) is 5.69. The van der Waals surface area contributed by atoms with Crippen molar-refractivity contribution in [3.05, 3.63) is 39.9 Å². The Balaban J connectivity index is 2.29. The normalized spacial score (nSPS) is 17.5. The average Bonchev–Trinajstić information content (AvgIpc) is 2.39. The fourth-order valence-electron chi connectivity index (χ4n) is 2.22. The topological polar surface area (TPSA) is 29.5 Å². The van der Waals surface area contributed by atoms with Crippen molar-refractivity contribution in [1.29, 1.82) is 0 Å². The lowest BCUT2D eigenvalue weighted by Gasteiger charge is -2.20. The summed E-state index contributed by atoms with van der Waals surface area (Å²) in [5.74, 6) is 0.735. The Morgan fingerprint density at radius 2 is 2.18 bits per heavy atom. The molecule has 1 N–H and O–H groups in total. The van der Waals surface area contributed by atoms with Gasteiger partial charge in [0.25, 0.3) is 0 Å². The number of hydrogen-bond donors (Lipinski definition) is 1. The zero-order valence-electron chi connectivity index (χ0n) is 9.95. The molecule has 1 aliphatic rings. The Bertz CT molecular complexity index is 426. The molecule has 0 radical (unpaired) electrons. The Hall–Kier alpha value is -0.800. The van der Waals surface area contributed by atoms with E-state index in [4.69, 9.17) is 4.74 Å². The number of allylic oxidation sites excluding steroid dienone is 1. The van der Waals surface area contributed by atoms with E-state index in [0.29, 0.717) is 0 Å². The second-order valence-corrected chi connectivity index (χ2v) is 5.23. The molecule has 2 nitrogen and oxygen atoms in total. The van der Waals surface area contributed by atoms with Gasteiger partial charge in [-0.1, -0.05) is 28.1 Å². The summed E-state index contributed by atoms with van der Waals surface area (Å²) < 4.78 is 6.28. The first kappa shape index (κ1) is 12.7. The van der Waals surface area contributed by atoms with Gasteiger partial charge in [0.15, 0.2) is 0 Å². The van der Waals surface area contributed by atoms with Crippen molar-refractivity contribution < 1.29 is 9.84 Å². The molecule has 0 spiro atoms. The van der Waals surface area contributed by atoms with Crippen LogP contribution in [0.5, 0.6) is 5.75 Å². The van der Waals surface area contributed by atoms with Crippen LogP contribution in [-0.4, -0.2) is 12.2 Å². The van der Waals surface area contributed by atoms with E-state index in [9.17, 15) is 5.11 Å². The van der Waals surface area contributed by atoms with E-state index in [-0.39, 0.29) is 0 Å². The van der Waals surface area contributed by atoms with E-state index < -0.39 is 6.10 Å². The highest BCUT2D eigenvalue weighted by atomic mass is 79.9. The molecule has 2 rings (SSSR count). The maximum Gasteiger partial charge on any atom is 0.126 e. The standard InChI is InChI=1S/C14H17BrO2/c1-17-13-9-11(15)7-8-12(13)14(16)10-5-3-2-4-6-10/h5,7-9,14,16H,2-4,6H2,1H3. The van der Waals surface area contributed by atoms with Gasteiger partial charge in [0, 0.05) is 10.0 Å². The van der Waals surface area contributed by atoms with Crippen molar-refractivity contribution >= 4 is 15.9 Å². The van der Waals surface area contributed by atoms with E-state index in [1.54, 1.807) is 7.11 Å². The molecule has 1 unspecified atom stereocenters. The van der Waals surface area contributed by atoms with Crippen LogP contribution in [-0.2, 0) is 0 Å². The summed E-state index contributed by atoms with van der Waals surface area (Å²) in [4.78, 5) is 0. The molecule has 92 valence electrons. The van der Waals surface area contributed by atoms with Crippen molar-refractivity contribution in [3.8, 4) is 5.75 Å². The first-order valence-electron chi connectivity index (χ1n) is 5.93. The molecule has 1 aromatic carbocycles. The predicted molar refractivity (Wildman–Crippen MR) is 72.2 cm³/mol. The van der Waals surface area contributed by atoms with E-state index in [1.807, 2.05) is 18.2 Å². The van der Waals surface area contributed by atoms with Crippen LogP contribution < -0.4 is 4.74 Å². The number of aliphatic hydroxyl groups excluding tert-OH is 1. The third kappa shape index (κ3) is 2.90. The Labute approximate surface area is 110 Å². The van der Waals surface area contributed by atoms with Crippen LogP contribution in [0, 0.1) is 0 Å². The number of ether oxygens (including phenoxy) is 1. The van der Waals surface area contributed by atoms with Crippen LogP contribution in [0.25, 0.3) is 0 Å². The third-order valence-corrected chi connectivity index (χ3v) is 3.66. The minimum atomic E-state index is -0.529. The first-order valence-corrected chi connectivity index (χ1v) is 6.72. The van der Waals surface area contributed by atoms with E-state index in [1.165, 1.54) is 12.8 Å². The number of halogens is 1. The SMILES string of the molecule is COc1cc(Br)ccc1C(O)C1=CCCCC1. The fourth-order valence-corrected chi connectivity index (χ4v) is 2.56. The van der Waals surface area contributed by atoms with Crippen LogP contribution in [0.1, 0.15) is 37.4 Å². The van der Waals surface area contributed by atoms with E-state index in [0.717, 1.165) is 34.2 Å². The van der Waals surface area contributed by atoms with Crippen LogP contribution >= 0.6 is 15.9 Å². The Morgan fingerprint density at radius 3 is 2.82 bits per heavy atom. The summed E-state index contributed by atoms with van der Waals surface area (Å²) in [6, 6.07) is 5.75. The van der Waals surface area contributed by atoms with Gasteiger partial charge in [-0.3, -0.25) is 0 Å². The molecular formula is C14H17BrO2. The summed E-state index contributed by atoms with van der Waals surface area (Å²) in [6.45, 7) is 0. The summed E-state index contributed by atoms with van der Waals surface area (Å²) >= 11 is 3.41. The highest BCUT2D eigenvalue weighted by Gasteiger charge is 2.19. The lowest BCUT2D eigenvalue weighted by atomic mass is 9.91. The average molecular weight is 297 g/mol. The maximum absolute atomic E-state index is 10.4. The van der Waals surface area contributed by atoms with Gasteiger partial charge in [0.05, 0.1) is 7.11 Å². The molecule has 1 aliphatic carbocycles. The van der Waals surface area contributed by atoms with Crippen molar-refractivity contribution in [2.75, 3.05) is 7.11 Å². The molecule has 0 fully saturated rings. The molecule has 0 aliphatic heterocycles. The molecule has 17 heavy (non-hydrogen) atoms. The molecule has 0 heterocycles. The zero-order valence-corrected chi connectivity index (χ0v) is 11.5. The number of benzene rings is 1. The van der Waals surface area contributed by atoms with Gasteiger partial charge in [-0.2, -0.15) is 0 Å². The number of methoxy groups -OCH3 is 1. The van der Waals surface area contributed by atoms with Gasteiger partial charge < -0.3 is 9.84 Å². The smallest absolute Gasteiger partial charge is 0.126 e. The summed E-state index contributed by atoms with van der Waals surface area (Å²) in [5.41, 5.74) is 1.97. The van der Waals surface area contributed by atoms with Gasteiger partial charge in [-0.15, -0.1) is 0 Å². The second-order valence-electron chi connectivity index (χ2n) is 4.31. The Kier molecular flexibility index (Phi) is 4.24. The first-order chi connectivity index (χ1) is 8.22. The molecule has 0 saturated heterocycles. The van der Waals surface area contributed by atoms with E-state index >= 15 is 0 Å². The molecule has 0 saturated carbocycles. The van der Waals surface area contributed by atoms with Crippen molar-refractivity contribution in [1.82, 2.24) is 0 Å². The molecule has 1 aromatic rings. The highest BCUT2D eigenvalue weighted by Crippen LogP contribution is 2.35. The third-order valence-electron chi connectivity index (χ3n) is 3.17. The van der Waals surface area contributed by atoms with Gasteiger partial charge in [0.1, 0.15) is 11.9 Å². The lowest BCUT2D eigenvalue weighted by molar-refractivity contribution is 0.203. The molecule has 0 aromatic heterocycles. The van der Waals surface area contributed by atoms with Crippen LogP contribution in [0.3, 0.4) is 0 Å². The highest BCUT2D eigenvalue weighted by molar-refractivity contribution is 9.10. The van der Waals surface area contributed by atoms with Gasteiger partial charge in [-0.25, -0.2) is 0 Å². The van der Waals surface area contributed by atoms with Crippen LogP contribution in [0.2, 0.25) is 0 Å². The van der Waals surface area contributed by atoms with Crippen LogP contribution in [0.4, 0.5) is 0 Å². The molecule has 3 heteroatoms. The maximum atomic E-state index is 10.4. The Morgan fingerprint density at radius 1 is 1.35 bits per heavy atom. The van der Waals surface area contributed by atoms with Crippen molar-refractivity contribution in [2.45, 2.75) is 31.8 Å². The quantitative estimate of drug-likeness (QED) is 0.855. The largest absolute Gasteiger partial charge is 0.496 e. The molecular weight excluding hydrogens is 280 g/mol. The van der Waals surface area contributed by atoms with E-state index in [2.05, 4.69) is 22.0 Å². The monoisotopic (exact) mass is 296 g/mol. The van der Waals surface area contributed by atoms with Gasteiger partial charge in [-0.05, 0) is 43.4 Å². The van der Waals surface area contributed by atoms with Gasteiger partial charge in [0.2, 0.25) is 0 Å². The zero-order chi connectivity index (χ0) is 12.3. The fraction of sp³-hybridized carbons (Fsp3) is 0.429. The summed E-state index contributed by atoms with van der Waals surface area (Å²) in [7, 11) is 1.63. The molecule has 1 atom stereocenters. The summed E-state index contributed by atoms with van der Waals surface area (Å²) in [5, 5.41) is 10.4. The minimum absolute atomic E-state index is 0.529. The number of rotatable bonds is 3. The van der Waals surface area contributed by atoms with Crippen LogP contribution in [0.15, 0.2) is 34.3 Å². The van der Waals surface area contributed by atoms with Crippen molar-refractivity contribution in [3.63, 3.8) is 0 Å². The number of hydrogen-bond acceptors (Lipinski definition) is 2. The number of aliphatic hydroxyl groups is 1. The summed E-state index contributed by atoms with van der Waals surface area (Å²) in [6.07, 6.45) is 6.09. The van der Waals surface area contributed by atoms with Gasteiger partial charge >= 0.3 is 0 Å². The lowest BCUT2D eigenvalue weighted by Crippen LogP contribution is -2.06. The predicted octanol–water partition coefficient (Wildman–Crippen LogP) is 3.99. The minimum Gasteiger partial charge on any atom is -0.496 e. The van der Waals surface area contributed by atoms with Crippen molar-refractivity contribution in [2.24, 2.45) is 0 Å². The molecule has 0 amide bonds. The molecule has 0 bridgehead atoms.